The van der Waals surface area contributed by atoms with Gasteiger partial charge in [0.2, 0.25) is 0 Å². The van der Waals surface area contributed by atoms with E-state index in [9.17, 15) is 9.90 Å². The molecule has 0 amide bonds. The van der Waals surface area contributed by atoms with Gasteiger partial charge in [0.15, 0.2) is 0 Å². The van der Waals surface area contributed by atoms with Crippen molar-refractivity contribution >= 4 is 17.5 Å². The number of carbonyl (C=O) groups is 1. The highest BCUT2D eigenvalue weighted by atomic mass is 16.4. The molecule has 0 spiro atoms. The molecule has 0 bridgehead atoms. The molecule has 1 aromatic heterocycles. The summed E-state index contributed by atoms with van der Waals surface area (Å²) in [6.45, 7) is 7.24. The lowest BCUT2D eigenvalue weighted by Crippen LogP contribution is -2.45. The van der Waals surface area contributed by atoms with Crippen LogP contribution in [-0.2, 0) is 10.2 Å². The van der Waals surface area contributed by atoms with Crippen molar-refractivity contribution in [2.45, 2.75) is 44.2 Å². The van der Waals surface area contributed by atoms with Crippen LogP contribution in [0.25, 0.3) is 0 Å². The van der Waals surface area contributed by atoms with E-state index in [1.54, 1.807) is 20.0 Å². The molecule has 1 aliphatic rings. The highest BCUT2D eigenvalue weighted by molar-refractivity contribution is 5.80. The maximum absolute atomic E-state index is 11.6. The monoisotopic (exact) mass is 444 g/mol. The molecule has 0 aliphatic carbocycles. The van der Waals surface area contributed by atoms with Crippen LogP contribution in [0.3, 0.4) is 0 Å². The van der Waals surface area contributed by atoms with Crippen LogP contribution in [0.15, 0.2) is 72.9 Å². The Hall–Kier alpha value is -3.38. The zero-order valence-electron chi connectivity index (χ0n) is 19.4. The fourth-order valence-electron chi connectivity index (χ4n) is 4.24. The van der Waals surface area contributed by atoms with Gasteiger partial charge in [-0.1, -0.05) is 61.5 Å². The van der Waals surface area contributed by atoms with Gasteiger partial charge in [0.25, 0.3) is 0 Å². The van der Waals surface area contributed by atoms with E-state index in [1.165, 1.54) is 11.1 Å². The van der Waals surface area contributed by atoms with E-state index >= 15 is 0 Å². The van der Waals surface area contributed by atoms with Gasteiger partial charge in [-0.25, -0.2) is 4.98 Å². The second kappa shape index (κ2) is 9.63. The Balaban J connectivity index is 1.48. The normalized spacial score (nSPS) is 17.2. The van der Waals surface area contributed by atoms with E-state index in [1.807, 2.05) is 42.5 Å². The molecule has 0 fully saturated rings. The van der Waals surface area contributed by atoms with Crippen LogP contribution in [-0.4, -0.2) is 35.2 Å². The average Bonchev–Trinajstić information content (AvgIpc) is 2.84. The summed E-state index contributed by atoms with van der Waals surface area (Å²) in [6.07, 6.45) is 1.80. The first kappa shape index (κ1) is 22.8. The van der Waals surface area contributed by atoms with Gasteiger partial charge in [-0.15, -0.1) is 0 Å². The third-order valence-electron chi connectivity index (χ3n) is 6.58. The first-order valence-corrected chi connectivity index (χ1v) is 11.4. The molecule has 4 N–H and O–H groups in total. The van der Waals surface area contributed by atoms with Crippen molar-refractivity contribution in [1.82, 2.24) is 10.3 Å². The van der Waals surface area contributed by atoms with E-state index in [0.717, 1.165) is 30.2 Å². The largest absolute Gasteiger partial charge is 0.481 e. The third kappa shape index (κ3) is 5.01. The number of benzene rings is 2. The summed E-state index contributed by atoms with van der Waals surface area (Å²) in [5.41, 5.74) is 3.34. The number of fused-ring (bicyclic) bond motifs is 1. The zero-order chi connectivity index (χ0) is 23.4. The number of carboxylic acid groups (broad SMARTS) is 1. The minimum absolute atomic E-state index is 0.0986. The number of pyridine rings is 1. The van der Waals surface area contributed by atoms with Crippen LogP contribution in [0.4, 0.5) is 11.5 Å². The number of aliphatic carboxylic acids is 1. The van der Waals surface area contributed by atoms with Crippen molar-refractivity contribution in [2.24, 2.45) is 0 Å². The molecule has 1 aliphatic heterocycles. The topological polar surface area (TPSA) is 86.3 Å². The van der Waals surface area contributed by atoms with Crippen LogP contribution < -0.4 is 16.0 Å². The maximum atomic E-state index is 11.6. The van der Waals surface area contributed by atoms with Gasteiger partial charge in [0.1, 0.15) is 5.82 Å². The highest BCUT2D eigenvalue weighted by Crippen LogP contribution is 2.29. The molecule has 0 unspecified atom stereocenters. The Bertz CT molecular complexity index is 1080. The number of rotatable bonds is 8. The maximum Gasteiger partial charge on any atom is 0.313 e. The predicted octanol–water partition coefficient (Wildman–Crippen LogP) is 4.78. The summed E-state index contributed by atoms with van der Waals surface area (Å²) in [6, 6.07) is 22.6. The summed E-state index contributed by atoms with van der Waals surface area (Å²) >= 11 is 0. The standard InChI is InChI=1S/C27H32N4O2/c1-18(19-11-13-21(14-12-19)27(2,3)26(32)33)16-30-24(20-8-5-4-6-9-20)23-17-29-22-10-7-15-28-25(22)31-23/h4-15,18,23-24,29-30H,16-17H2,1-3H3,(H,28,31)(H,32,33)/t18-,23-,24-/m1/s1. The minimum atomic E-state index is -0.900. The lowest BCUT2D eigenvalue weighted by atomic mass is 9.83. The Morgan fingerprint density at radius 2 is 1.82 bits per heavy atom. The summed E-state index contributed by atoms with van der Waals surface area (Å²) in [7, 11) is 0. The molecule has 6 nitrogen and oxygen atoms in total. The number of nitrogens with zero attached hydrogens (tertiary/aromatic N) is 1. The Morgan fingerprint density at radius 1 is 1.09 bits per heavy atom. The first-order valence-electron chi connectivity index (χ1n) is 11.4. The summed E-state index contributed by atoms with van der Waals surface area (Å²) in [5.74, 6) is 0.321. The van der Waals surface area contributed by atoms with Gasteiger partial charge < -0.3 is 21.1 Å². The number of aromatic nitrogens is 1. The van der Waals surface area contributed by atoms with Crippen LogP contribution >= 0.6 is 0 Å². The van der Waals surface area contributed by atoms with Crippen molar-refractivity contribution in [3.63, 3.8) is 0 Å². The Kier molecular flexibility index (Phi) is 6.65. The second-order valence-electron chi connectivity index (χ2n) is 9.28. The van der Waals surface area contributed by atoms with E-state index in [0.29, 0.717) is 0 Å². The Labute approximate surface area is 195 Å². The first-order chi connectivity index (χ1) is 15.9. The summed E-state index contributed by atoms with van der Waals surface area (Å²) in [5, 5.41) is 20.4. The lowest BCUT2D eigenvalue weighted by Gasteiger charge is -2.35. The molecule has 2 aromatic carbocycles. The van der Waals surface area contributed by atoms with Crippen LogP contribution in [0.1, 0.15) is 49.4 Å². The van der Waals surface area contributed by atoms with Gasteiger partial charge in [-0.05, 0) is 48.6 Å². The molecule has 172 valence electrons. The van der Waals surface area contributed by atoms with Gasteiger partial charge in [-0.2, -0.15) is 0 Å². The Morgan fingerprint density at radius 3 is 2.52 bits per heavy atom. The number of anilines is 2. The van der Waals surface area contributed by atoms with Gasteiger partial charge in [0, 0.05) is 19.3 Å². The van der Waals surface area contributed by atoms with Gasteiger partial charge in [-0.3, -0.25) is 4.79 Å². The number of hydrogen-bond donors (Lipinski definition) is 4. The van der Waals surface area contributed by atoms with E-state index < -0.39 is 11.4 Å². The van der Waals surface area contributed by atoms with Crippen molar-refractivity contribution < 1.29 is 9.90 Å². The molecule has 2 heterocycles. The van der Waals surface area contributed by atoms with Crippen LogP contribution in [0.2, 0.25) is 0 Å². The fourth-order valence-corrected chi connectivity index (χ4v) is 4.24. The molecule has 0 saturated carbocycles. The number of hydrogen-bond acceptors (Lipinski definition) is 5. The van der Waals surface area contributed by atoms with Crippen molar-refractivity contribution in [1.29, 1.82) is 0 Å². The second-order valence-corrected chi connectivity index (χ2v) is 9.28. The molecule has 6 heteroatoms. The molecule has 0 radical (unpaired) electrons. The predicted molar refractivity (Wildman–Crippen MR) is 133 cm³/mol. The molecule has 33 heavy (non-hydrogen) atoms. The van der Waals surface area contributed by atoms with E-state index in [4.69, 9.17) is 0 Å². The average molecular weight is 445 g/mol. The van der Waals surface area contributed by atoms with Crippen molar-refractivity contribution in [3.8, 4) is 0 Å². The van der Waals surface area contributed by atoms with Crippen molar-refractivity contribution in [2.75, 3.05) is 23.7 Å². The molecule has 0 saturated heterocycles. The fraction of sp³-hybridized carbons (Fsp3) is 0.333. The molecule has 4 rings (SSSR count). The van der Waals surface area contributed by atoms with Crippen molar-refractivity contribution in [3.05, 3.63) is 89.6 Å². The highest BCUT2D eigenvalue weighted by Gasteiger charge is 2.30. The van der Waals surface area contributed by atoms with E-state index in [-0.39, 0.29) is 18.0 Å². The minimum Gasteiger partial charge on any atom is -0.481 e. The lowest BCUT2D eigenvalue weighted by molar-refractivity contribution is -0.142. The zero-order valence-corrected chi connectivity index (χ0v) is 19.4. The smallest absolute Gasteiger partial charge is 0.313 e. The van der Waals surface area contributed by atoms with Gasteiger partial charge in [0.05, 0.1) is 23.2 Å². The van der Waals surface area contributed by atoms with Crippen LogP contribution in [0, 0.1) is 0 Å². The summed E-state index contributed by atoms with van der Waals surface area (Å²) < 4.78 is 0. The van der Waals surface area contributed by atoms with Crippen LogP contribution in [0.5, 0.6) is 0 Å². The van der Waals surface area contributed by atoms with Gasteiger partial charge >= 0.3 is 5.97 Å². The number of nitrogens with one attached hydrogen (secondary N) is 3. The molecular weight excluding hydrogens is 412 g/mol. The quantitative estimate of drug-likeness (QED) is 0.400. The van der Waals surface area contributed by atoms with E-state index in [2.05, 4.69) is 52.1 Å². The SMILES string of the molecule is C[C@H](CN[C@H](c1ccccc1)[C@H]1CNc2cccnc2N1)c1ccc(C(C)(C)C(=O)O)cc1. The number of carboxylic acids is 1. The molecule has 3 atom stereocenters. The summed E-state index contributed by atoms with van der Waals surface area (Å²) in [4.78, 5) is 16.0. The molecular formula is C27H32N4O2. The third-order valence-corrected chi connectivity index (χ3v) is 6.58. The molecule has 3 aromatic rings.